The van der Waals surface area contributed by atoms with Crippen LogP contribution >= 0.6 is 0 Å². The lowest BCUT2D eigenvalue weighted by Gasteiger charge is -2.42. The van der Waals surface area contributed by atoms with E-state index in [2.05, 4.69) is 6.58 Å². The summed E-state index contributed by atoms with van der Waals surface area (Å²) in [5, 5.41) is 10.6. The molecular weight excluding hydrogens is 320 g/mol. The number of aliphatic hydroxyl groups excluding tert-OH is 1. The summed E-state index contributed by atoms with van der Waals surface area (Å²) in [6.07, 6.45) is 6.28. The average molecular weight is 344 g/mol. The first kappa shape index (κ1) is 15.6. The van der Waals surface area contributed by atoms with Crippen LogP contribution in [0.15, 0.2) is 24.3 Å². The second-order valence-electron chi connectivity index (χ2n) is 8.91. The minimum absolute atomic E-state index is 0.0825. The van der Waals surface area contributed by atoms with Crippen LogP contribution in [-0.2, 0) is 19.1 Å². The van der Waals surface area contributed by atoms with Crippen LogP contribution in [0.4, 0.5) is 0 Å². The lowest BCUT2D eigenvalue weighted by molar-refractivity contribution is -0.162. The first-order valence-electron chi connectivity index (χ1n) is 9.17. The minimum Gasteiger partial charge on any atom is -0.469 e. The summed E-state index contributed by atoms with van der Waals surface area (Å²) in [6, 6.07) is 0. The predicted molar refractivity (Wildman–Crippen MR) is 88.1 cm³/mol. The third-order valence-electron chi connectivity index (χ3n) is 8.21. The van der Waals surface area contributed by atoms with Crippen LogP contribution in [0.25, 0.3) is 0 Å². The molecule has 3 saturated carbocycles. The molecule has 1 aliphatic heterocycles. The topological polar surface area (TPSA) is 72.8 Å². The van der Waals surface area contributed by atoms with Crippen LogP contribution in [0.2, 0.25) is 0 Å². The molecule has 0 radical (unpaired) electrons. The zero-order chi connectivity index (χ0) is 17.8. The molecule has 25 heavy (non-hydrogen) atoms. The highest BCUT2D eigenvalue weighted by atomic mass is 16.6. The van der Waals surface area contributed by atoms with E-state index in [-0.39, 0.29) is 23.2 Å². The van der Waals surface area contributed by atoms with Crippen molar-refractivity contribution in [3.05, 3.63) is 24.3 Å². The molecule has 5 nitrogen and oxygen atoms in total. The van der Waals surface area contributed by atoms with Gasteiger partial charge in [-0.1, -0.05) is 18.2 Å². The van der Waals surface area contributed by atoms with Crippen LogP contribution in [-0.4, -0.2) is 35.9 Å². The monoisotopic (exact) mass is 344 g/mol. The molecule has 1 heterocycles. The van der Waals surface area contributed by atoms with Crippen molar-refractivity contribution in [2.45, 2.75) is 44.3 Å². The van der Waals surface area contributed by atoms with E-state index in [1.54, 1.807) is 13.0 Å². The van der Waals surface area contributed by atoms with E-state index in [4.69, 9.17) is 9.47 Å². The van der Waals surface area contributed by atoms with Crippen LogP contribution in [0.5, 0.6) is 0 Å². The summed E-state index contributed by atoms with van der Waals surface area (Å²) >= 11 is 0. The van der Waals surface area contributed by atoms with Gasteiger partial charge in [0.15, 0.2) is 0 Å². The van der Waals surface area contributed by atoms with Gasteiger partial charge in [0.2, 0.25) is 0 Å². The van der Waals surface area contributed by atoms with Crippen LogP contribution in [0.3, 0.4) is 0 Å². The lowest BCUT2D eigenvalue weighted by Crippen LogP contribution is -2.50. The number of methoxy groups -OCH3 is 1. The van der Waals surface area contributed by atoms with E-state index in [9.17, 15) is 14.7 Å². The molecule has 0 aromatic rings. The smallest absolute Gasteiger partial charge is 0.316 e. The number of allylic oxidation sites excluding steroid dienone is 1. The standard InChI is InChI=1S/C20H24O5/c1-10-8-19-9-11(10)4-5-12(19)20-7-6-13(21)18(2,17(23)25-20)15(20)14(19)16(22)24-3/h6-7,11-15,21H,1,4-5,8-9H2,2-3H3/t11-,12-,13+,14-,15-,18-,19+,20-/m1/s1. The zero-order valence-corrected chi connectivity index (χ0v) is 14.7. The Balaban J connectivity index is 1.77. The van der Waals surface area contributed by atoms with Crippen molar-refractivity contribution in [2.24, 2.45) is 34.5 Å². The Morgan fingerprint density at radius 1 is 1.44 bits per heavy atom. The van der Waals surface area contributed by atoms with Crippen molar-refractivity contribution in [2.75, 3.05) is 7.11 Å². The van der Waals surface area contributed by atoms with E-state index in [0.717, 1.165) is 25.7 Å². The number of esters is 2. The fraction of sp³-hybridized carbons (Fsp3) is 0.700. The molecule has 5 aliphatic rings. The second-order valence-corrected chi connectivity index (χ2v) is 8.91. The fourth-order valence-electron chi connectivity index (χ4n) is 7.25. The second kappa shape index (κ2) is 4.37. The maximum atomic E-state index is 13.0. The molecule has 4 fully saturated rings. The summed E-state index contributed by atoms with van der Waals surface area (Å²) in [5.41, 5.74) is -0.949. The van der Waals surface area contributed by atoms with Crippen molar-refractivity contribution >= 4 is 11.9 Å². The Hall–Kier alpha value is -1.62. The van der Waals surface area contributed by atoms with Gasteiger partial charge in [-0.25, -0.2) is 0 Å². The van der Waals surface area contributed by atoms with E-state index in [0.29, 0.717) is 5.92 Å². The zero-order valence-electron chi connectivity index (χ0n) is 14.7. The molecule has 0 unspecified atom stereocenters. The van der Waals surface area contributed by atoms with Crippen LogP contribution in [0.1, 0.15) is 32.6 Å². The van der Waals surface area contributed by atoms with Crippen molar-refractivity contribution < 1.29 is 24.2 Å². The molecule has 4 aliphatic carbocycles. The highest BCUT2D eigenvalue weighted by Crippen LogP contribution is 2.76. The number of rotatable bonds is 1. The summed E-state index contributed by atoms with van der Waals surface area (Å²) < 4.78 is 11.2. The number of hydrogen-bond donors (Lipinski definition) is 1. The van der Waals surface area contributed by atoms with Crippen molar-refractivity contribution in [1.82, 2.24) is 0 Å². The molecule has 0 aromatic heterocycles. The lowest BCUT2D eigenvalue weighted by atomic mass is 9.61. The first-order valence-corrected chi connectivity index (χ1v) is 9.17. The summed E-state index contributed by atoms with van der Waals surface area (Å²) in [5.74, 6) is -0.970. The van der Waals surface area contributed by atoms with Gasteiger partial charge in [0.05, 0.1) is 19.1 Å². The number of carbonyl (C=O) groups is 2. The van der Waals surface area contributed by atoms with Gasteiger partial charge in [-0.15, -0.1) is 0 Å². The molecule has 0 aromatic carbocycles. The Kier molecular flexibility index (Phi) is 2.73. The average Bonchev–Trinajstić information content (AvgIpc) is 3.05. The normalized spacial score (nSPS) is 54.9. The van der Waals surface area contributed by atoms with Crippen LogP contribution in [0, 0.1) is 34.5 Å². The SMILES string of the molecule is C=C1C[C@]23C[C@H]1CC[C@H]2[C@@]12C=C[C@H](O)[C@@](C)(C(=O)O1)[C@H]2[C@@H]3C(=O)OC. The molecule has 4 bridgehead atoms. The van der Waals surface area contributed by atoms with Gasteiger partial charge in [-0.3, -0.25) is 9.59 Å². The Morgan fingerprint density at radius 3 is 2.92 bits per heavy atom. The Bertz CT molecular complexity index is 740. The molecule has 1 spiro atoms. The largest absolute Gasteiger partial charge is 0.469 e. The van der Waals surface area contributed by atoms with Gasteiger partial charge in [0, 0.05) is 11.8 Å². The molecular formula is C20H24O5. The van der Waals surface area contributed by atoms with Gasteiger partial charge < -0.3 is 14.6 Å². The van der Waals surface area contributed by atoms with Gasteiger partial charge in [0.25, 0.3) is 0 Å². The summed E-state index contributed by atoms with van der Waals surface area (Å²) in [4.78, 5) is 25.8. The van der Waals surface area contributed by atoms with E-state index < -0.39 is 29.0 Å². The summed E-state index contributed by atoms with van der Waals surface area (Å²) in [6.45, 7) is 6.02. The predicted octanol–water partition coefficient (Wildman–Crippen LogP) is 2.00. The fourth-order valence-corrected chi connectivity index (χ4v) is 7.25. The molecule has 0 amide bonds. The number of hydrogen-bond acceptors (Lipinski definition) is 5. The molecule has 1 saturated heterocycles. The van der Waals surface area contributed by atoms with Gasteiger partial charge in [-0.05, 0) is 50.0 Å². The highest BCUT2D eigenvalue weighted by Gasteiger charge is 2.82. The Morgan fingerprint density at radius 2 is 2.20 bits per heavy atom. The van der Waals surface area contributed by atoms with Gasteiger partial charge in [-0.2, -0.15) is 0 Å². The third-order valence-corrected chi connectivity index (χ3v) is 8.21. The van der Waals surface area contributed by atoms with Gasteiger partial charge >= 0.3 is 11.9 Å². The molecule has 5 rings (SSSR count). The quantitative estimate of drug-likeness (QED) is 0.582. The van der Waals surface area contributed by atoms with E-state index in [1.165, 1.54) is 12.7 Å². The van der Waals surface area contributed by atoms with Crippen molar-refractivity contribution in [3.8, 4) is 0 Å². The first-order chi connectivity index (χ1) is 11.8. The molecule has 5 heteroatoms. The highest BCUT2D eigenvalue weighted by molar-refractivity contribution is 5.86. The summed E-state index contributed by atoms with van der Waals surface area (Å²) in [7, 11) is 1.41. The minimum atomic E-state index is -1.10. The molecule has 134 valence electrons. The van der Waals surface area contributed by atoms with Crippen LogP contribution < -0.4 is 0 Å². The van der Waals surface area contributed by atoms with E-state index >= 15 is 0 Å². The van der Waals surface area contributed by atoms with Crippen molar-refractivity contribution in [1.29, 1.82) is 0 Å². The third kappa shape index (κ3) is 1.44. The molecule has 1 N–H and O–H groups in total. The van der Waals surface area contributed by atoms with Gasteiger partial charge in [0.1, 0.15) is 11.0 Å². The molecule has 8 atom stereocenters. The number of aliphatic hydroxyl groups is 1. The van der Waals surface area contributed by atoms with E-state index in [1.807, 2.05) is 6.08 Å². The maximum Gasteiger partial charge on any atom is 0.316 e. The maximum absolute atomic E-state index is 13.0. The number of carbonyl (C=O) groups excluding carboxylic acids is 2. The Labute approximate surface area is 147 Å². The number of ether oxygens (including phenoxy) is 2. The number of fused-ring (bicyclic) bond motifs is 1. The van der Waals surface area contributed by atoms with Crippen molar-refractivity contribution in [3.63, 3.8) is 0 Å².